The van der Waals surface area contributed by atoms with Crippen LogP contribution in [0.2, 0.25) is 0 Å². The Kier molecular flexibility index (Phi) is 6.79. The Morgan fingerprint density at radius 2 is 1.95 bits per heavy atom. The van der Waals surface area contributed by atoms with E-state index in [2.05, 4.69) is 40.7 Å². The Hall–Kier alpha value is -0.960. The molecule has 2 nitrogen and oxygen atoms in total. The fourth-order valence-electron chi connectivity index (χ4n) is 2.02. The number of carbonyl (C=O) groups excluding carboxylic acids is 1. The van der Waals surface area contributed by atoms with E-state index in [-0.39, 0.29) is 11.2 Å². The Bertz CT molecular complexity index is 473. The Morgan fingerprint density at radius 3 is 2.48 bits per heavy atom. The van der Waals surface area contributed by atoms with Crippen LogP contribution in [0.15, 0.2) is 18.2 Å². The lowest BCUT2D eigenvalue weighted by atomic mass is 9.85. The molecule has 0 saturated carbocycles. The van der Waals surface area contributed by atoms with Gasteiger partial charge >= 0.3 is 0 Å². The number of carbonyl (C=O) groups is 1. The van der Waals surface area contributed by atoms with Crippen molar-refractivity contribution in [1.82, 2.24) is 0 Å². The average molecular weight is 308 g/mol. The van der Waals surface area contributed by atoms with Gasteiger partial charge in [0.2, 0.25) is 0 Å². The number of hydrogen-bond acceptors (Lipinski definition) is 3. The van der Waals surface area contributed by atoms with Crippen LogP contribution in [0.3, 0.4) is 0 Å². The highest BCUT2D eigenvalue weighted by Crippen LogP contribution is 2.29. The molecule has 21 heavy (non-hydrogen) atoms. The number of ketones is 1. The van der Waals surface area contributed by atoms with E-state index < -0.39 is 0 Å². The van der Waals surface area contributed by atoms with Crippen LogP contribution in [0.4, 0.5) is 0 Å². The molecular formula is C18H28O2S. The maximum Gasteiger partial charge on any atom is 0.167 e. The van der Waals surface area contributed by atoms with Gasteiger partial charge in [-0.05, 0) is 35.3 Å². The second-order valence-corrected chi connectivity index (χ2v) is 8.17. The smallest absolute Gasteiger partial charge is 0.167 e. The highest BCUT2D eigenvalue weighted by Gasteiger charge is 2.19. The highest BCUT2D eigenvalue weighted by atomic mass is 32.2. The maximum absolute atomic E-state index is 12.5. The SMILES string of the molecule is CCOc1ccc(C(C)(C)C)cc1C(=O)CCSC(C)C. The normalized spacial score (nSPS) is 11.8. The van der Waals surface area contributed by atoms with Crippen molar-refractivity contribution in [2.24, 2.45) is 0 Å². The third kappa shape index (κ3) is 5.74. The van der Waals surface area contributed by atoms with Crippen molar-refractivity contribution in [3.63, 3.8) is 0 Å². The summed E-state index contributed by atoms with van der Waals surface area (Å²) in [5, 5.41) is 0.560. The van der Waals surface area contributed by atoms with Crippen molar-refractivity contribution in [2.75, 3.05) is 12.4 Å². The van der Waals surface area contributed by atoms with E-state index in [1.165, 1.54) is 5.56 Å². The molecule has 0 aliphatic rings. The van der Waals surface area contributed by atoms with E-state index in [1.807, 2.05) is 30.8 Å². The van der Waals surface area contributed by atoms with Crippen molar-refractivity contribution in [3.05, 3.63) is 29.3 Å². The summed E-state index contributed by atoms with van der Waals surface area (Å²) in [6.45, 7) is 13.3. The lowest BCUT2D eigenvalue weighted by Crippen LogP contribution is -2.14. The zero-order valence-electron chi connectivity index (χ0n) is 14.2. The summed E-state index contributed by atoms with van der Waals surface area (Å²) in [7, 11) is 0. The van der Waals surface area contributed by atoms with Crippen LogP contribution >= 0.6 is 11.8 Å². The van der Waals surface area contributed by atoms with Crippen LogP contribution in [0.25, 0.3) is 0 Å². The number of benzene rings is 1. The summed E-state index contributed by atoms with van der Waals surface area (Å²) in [5.74, 6) is 1.75. The summed E-state index contributed by atoms with van der Waals surface area (Å²) in [6, 6.07) is 6.00. The zero-order valence-corrected chi connectivity index (χ0v) is 15.0. The van der Waals surface area contributed by atoms with Gasteiger partial charge in [-0.1, -0.05) is 40.7 Å². The minimum absolute atomic E-state index is 0.0342. The summed E-state index contributed by atoms with van der Waals surface area (Å²) < 4.78 is 5.63. The van der Waals surface area contributed by atoms with E-state index in [9.17, 15) is 4.79 Å². The molecule has 0 amide bonds. The fraction of sp³-hybridized carbons (Fsp3) is 0.611. The van der Waals surface area contributed by atoms with Crippen molar-refractivity contribution in [3.8, 4) is 5.75 Å². The molecule has 0 heterocycles. The number of thioether (sulfide) groups is 1. The first-order valence-electron chi connectivity index (χ1n) is 7.67. The van der Waals surface area contributed by atoms with Crippen molar-refractivity contribution in [2.45, 2.75) is 58.6 Å². The first-order chi connectivity index (χ1) is 9.75. The molecule has 118 valence electrons. The molecule has 0 aliphatic carbocycles. The predicted molar refractivity (Wildman–Crippen MR) is 92.9 cm³/mol. The van der Waals surface area contributed by atoms with Crippen LogP contribution in [-0.2, 0) is 5.41 Å². The van der Waals surface area contributed by atoms with Gasteiger partial charge in [0.1, 0.15) is 5.75 Å². The van der Waals surface area contributed by atoms with Crippen LogP contribution in [0.1, 0.15) is 63.9 Å². The zero-order chi connectivity index (χ0) is 16.0. The van der Waals surface area contributed by atoms with E-state index in [1.54, 1.807) is 0 Å². The minimum Gasteiger partial charge on any atom is -0.493 e. The minimum atomic E-state index is 0.0342. The van der Waals surface area contributed by atoms with Crippen LogP contribution < -0.4 is 4.74 Å². The standard InChI is InChI=1S/C18H28O2S/c1-7-20-17-9-8-14(18(4,5)6)12-15(17)16(19)10-11-21-13(2)3/h8-9,12-13H,7,10-11H2,1-6H3. The van der Waals surface area contributed by atoms with Crippen molar-refractivity contribution >= 4 is 17.5 Å². The van der Waals surface area contributed by atoms with Gasteiger partial charge in [-0.25, -0.2) is 0 Å². The molecule has 3 heteroatoms. The Labute approximate surface area is 133 Å². The summed E-state index contributed by atoms with van der Waals surface area (Å²) >= 11 is 1.82. The van der Waals surface area contributed by atoms with Crippen molar-refractivity contribution in [1.29, 1.82) is 0 Å². The van der Waals surface area contributed by atoms with Gasteiger partial charge in [-0.2, -0.15) is 11.8 Å². The molecule has 0 fully saturated rings. The molecule has 0 unspecified atom stereocenters. The highest BCUT2D eigenvalue weighted by molar-refractivity contribution is 7.99. The van der Waals surface area contributed by atoms with Gasteiger partial charge in [0.15, 0.2) is 5.78 Å². The lowest BCUT2D eigenvalue weighted by Gasteiger charge is -2.21. The van der Waals surface area contributed by atoms with Gasteiger partial charge in [-0.15, -0.1) is 0 Å². The first kappa shape index (κ1) is 18.1. The number of rotatable bonds is 7. The second-order valence-electron chi connectivity index (χ2n) is 6.49. The molecule has 0 atom stereocenters. The van der Waals surface area contributed by atoms with E-state index >= 15 is 0 Å². The molecule has 0 spiro atoms. The fourth-order valence-corrected chi connectivity index (χ4v) is 2.79. The number of ether oxygens (including phenoxy) is 1. The molecule has 0 aliphatic heterocycles. The molecule has 1 aromatic carbocycles. The number of Topliss-reactive ketones (excluding diaryl/α,β-unsaturated/α-hetero) is 1. The molecule has 0 saturated heterocycles. The number of hydrogen-bond donors (Lipinski definition) is 0. The van der Waals surface area contributed by atoms with Crippen LogP contribution in [-0.4, -0.2) is 23.4 Å². The molecular weight excluding hydrogens is 280 g/mol. The van der Waals surface area contributed by atoms with Gasteiger partial charge in [-0.3, -0.25) is 4.79 Å². The summed E-state index contributed by atoms with van der Waals surface area (Å²) in [5.41, 5.74) is 1.94. The largest absolute Gasteiger partial charge is 0.493 e. The topological polar surface area (TPSA) is 26.3 Å². The molecule has 0 aromatic heterocycles. The average Bonchev–Trinajstić information content (AvgIpc) is 2.37. The quantitative estimate of drug-likeness (QED) is 0.656. The Balaban J connectivity index is 2.97. The van der Waals surface area contributed by atoms with Gasteiger partial charge in [0.25, 0.3) is 0 Å². The monoisotopic (exact) mass is 308 g/mol. The van der Waals surface area contributed by atoms with Crippen molar-refractivity contribution < 1.29 is 9.53 Å². The molecule has 0 bridgehead atoms. The molecule has 0 radical (unpaired) electrons. The van der Waals surface area contributed by atoms with Gasteiger partial charge in [0.05, 0.1) is 12.2 Å². The first-order valence-corrected chi connectivity index (χ1v) is 8.72. The molecule has 1 rings (SSSR count). The van der Waals surface area contributed by atoms with E-state index in [0.29, 0.717) is 24.0 Å². The lowest BCUT2D eigenvalue weighted by molar-refractivity contribution is 0.0985. The van der Waals surface area contributed by atoms with Gasteiger partial charge < -0.3 is 4.74 Å². The third-order valence-corrected chi connectivity index (χ3v) is 4.33. The molecule has 0 N–H and O–H groups in total. The maximum atomic E-state index is 12.5. The van der Waals surface area contributed by atoms with E-state index in [0.717, 1.165) is 11.3 Å². The van der Waals surface area contributed by atoms with Crippen LogP contribution in [0, 0.1) is 0 Å². The molecule has 1 aromatic rings. The van der Waals surface area contributed by atoms with E-state index in [4.69, 9.17) is 4.74 Å². The summed E-state index contributed by atoms with van der Waals surface area (Å²) in [4.78, 5) is 12.5. The Morgan fingerprint density at radius 1 is 1.29 bits per heavy atom. The predicted octanol–water partition coefficient (Wildman–Crippen LogP) is 5.10. The summed E-state index contributed by atoms with van der Waals surface area (Å²) in [6.07, 6.45) is 0.566. The second kappa shape index (κ2) is 7.88. The third-order valence-electron chi connectivity index (χ3n) is 3.23. The van der Waals surface area contributed by atoms with Gasteiger partial charge in [0, 0.05) is 12.2 Å². The van der Waals surface area contributed by atoms with Crippen LogP contribution in [0.5, 0.6) is 5.75 Å².